The molecule has 0 radical (unpaired) electrons. The van der Waals surface area contributed by atoms with E-state index in [0.717, 1.165) is 18.4 Å². The zero-order chi connectivity index (χ0) is 18.4. The molecule has 5 nitrogen and oxygen atoms in total. The average Bonchev–Trinajstić information content (AvgIpc) is 2.61. The van der Waals surface area contributed by atoms with Crippen molar-refractivity contribution in [1.29, 1.82) is 0 Å². The highest BCUT2D eigenvalue weighted by atomic mass is 16.5. The van der Waals surface area contributed by atoms with Gasteiger partial charge in [0.1, 0.15) is 5.75 Å². The monoisotopic (exact) mass is 345 g/mol. The minimum absolute atomic E-state index is 0.107. The summed E-state index contributed by atoms with van der Waals surface area (Å²) in [4.78, 5) is 24.8. The molecule has 1 atom stereocenters. The lowest BCUT2D eigenvalue weighted by molar-refractivity contribution is -0.141. The van der Waals surface area contributed by atoms with E-state index < -0.39 is 0 Å². The molecule has 0 saturated carbocycles. The molecule has 0 saturated heterocycles. The molecule has 1 aliphatic heterocycles. The van der Waals surface area contributed by atoms with Gasteiger partial charge in [-0.15, -0.1) is 0 Å². The van der Waals surface area contributed by atoms with Crippen LogP contribution in [0, 0.1) is 5.92 Å². The van der Waals surface area contributed by atoms with Crippen molar-refractivity contribution in [2.24, 2.45) is 5.92 Å². The van der Waals surface area contributed by atoms with Crippen LogP contribution in [0.2, 0.25) is 0 Å². The Kier molecular flexibility index (Phi) is 6.62. The van der Waals surface area contributed by atoms with E-state index in [1.165, 1.54) is 0 Å². The summed E-state index contributed by atoms with van der Waals surface area (Å²) < 4.78 is 11.0. The lowest BCUT2D eigenvalue weighted by Gasteiger charge is -2.28. The van der Waals surface area contributed by atoms with E-state index >= 15 is 0 Å². The number of carbonyl (C=O) groups is 2. The van der Waals surface area contributed by atoms with Gasteiger partial charge >= 0.3 is 5.97 Å². The first-order valence-corrected chi connectivity index (χ1v) is 8.82. The molecule has 0 aliphatic carbocycles. The highest BCUT2D eigenvalue weighted by Gasteiger charge is 2.34. The average molecular weight is 345 g/mol. The maximum absolute atomic E-state index is 12.8. The molecule has 1 N–H and O–H groups in total. The summed E-state index contributed by atoms with van der Waals surface area (Å²) >= 11 is 0. The molecule has 5 heteroatoms. The first-order valence-electron chi connectivity index (χ1n) is 8.82. The summed E-state index contributed by atoms with van der Waals surface area (Å²) in [6, 6.07) is 7.48. The number of nitrogens with one attached hydrogen (secondary N) is 1. The number of allylic oxidation sites excluding steroid dienone is 1. The van der Waals surface area contributed by atoms with Gasteiger partial charge in [-0.3, -0.25) is 4.79 Å². The maximum atomic E-state index is 12.8. The Morgan fingerprint density at radius 1 is 1.28 bits per heavy atom. The molecule has 1 heterocycles. The van der Waals surface area contributed by atoms with Gasteiger partial charge in [0.25, 0.3) is 0 Å². The molecular formula is C20H27NO4. The number of ether oxygens (including phenoxy) is 2. The van der Waals surface area contributed by atoms with E-state index in [9.17, 15) is 9.59 Å². The molecule has 0 fully saturated rings. The molecule has 136 valence electrons. The van der Waals surface area contributed by atoms with Gasteiger partial charge in [-0.2, -0.15) is 0 Å². The Labute approximate surface area is 149 Å². The number of rotatable bonds is 7. The Bertz CT molecular complexity index is 661. The SMILES string of the molecule is CCC(CC)COC(=O)C1=C(C)NC(=O)C[C@H]1c1ccccc1OC. The van der Waals surface area contributed by atoms with E-state index in [1.54, 1.807) is 14.0 Å². The number of carbonyl (C=O) groups excluding carboxylic acids is 2. The zero-order valence-electron chi connectivity index (χ0n) is 15.4. The Morgan fingerprint density at radius 3 is 2.60 bits per heavy atom. The summed E-state index contributed by atoms with van der Waals surface area (Å²) in [6.45, 7) is 6.32. The van der Waals surface area contributed by atoms with Crippen molar-refractivity contribution in [3.05, 3.63) is 41.1 Å². The number of esters is 1. The molecule has 1 aromatic rings. The predicted octanol–water partition coefficient (Wildman–Crippen LogP) is 3.55. The van der Waals surface area contributed by atoms with Crippen molar-refractivity contribution in [2.75, 3.05) is 13.7 Å². The van der Waals surface area contributed by atoms with Crippen molar-refractivity contribution >= 4 is 11.9 Å². The number of methoxy groups -OCH3 is 1. The fourth-order valence-corrected chi connectivity index (χ4v) is 3.19. The third-order valence-electron chi connectivity index (χ3n) is 4.81. The van der Waals surface area contributed by atoms with E-state index in [1.807, 2.05) is 24.3 Å². The minimum atomic E-state index is -0.362. The van der Waals surface area contributed by atoms with Crippen molar-refractivity contribution in [2.45, 2.75) is 46.0 Å². The lowest BCUT2D eigenvalue weighted by atomic mass is 9.84. The van der Waals surface area contributed by atoms with E-state index in [2.05, 4.69) is 19.2 Å². The van der Waals surface area contributed by atoms with Gasteiger partial charge in [0.15, 0.2) is 0 Å². The van der Waals surface area contributed by atoms with Crippen molar-refractivity contribution < 1.29 is 19.1 Å². The third kappa shape index (κ3) is 4.41. The molecule has 1 aliphatic rings. The Morgan fingerprint density at radius 2 is 1.96 bits per heavy atom. The molecule has 2 rings (SSSR count). The largest absolute Gasteiger partial charge is 0.496 e. The Hall–Kier alpha value is -2.30. The second-order valence-electron chi connectivity index (χ2n) is 6.37. The first-order chi connectivity index (χ1) is 12.0. The number of hydrogen-bond donors (Lipinski definition) is 1. The molecule has 1 aromatic carbocycles. The lowest BCUT2D eigenvalue weighted by Crippen LogP contribution is -2.34. The molecule has 0 unspecified atom stereocenters. The van der Waals surface area contributed by atoms with E-state index in [0.29, 0.717) is 29.5 Å². The van der Waals surface area contributed by atoms with Crippen LogP contribution in [-0.2, 0) is 14.3 Å². The molecular weight excluding hydrogens is 318 g/mol. The first kappa shape index (κ1) is 19.0. The number of benzene rings is 1. The van der Waals surface area contributed by atoms with Crippen molar-refractivity contribution in [1.82, 2.24) is 5.32 Å². The molecule has 0 bridgehead atoms. The number of para-hydroxylation sites is 1. The Balaban J connectivity index is 2.32. The smallest absolute Gasteiger partial charge is 0.336 e. The van der Waals surface area contributed by atoms with Crippen LogP contribution in [0.15, 0.2) is 35.5 Å². The molecule has 0 spiro atoms. The quantitative estimate of drug-likeness (QED) is 0.768. The second kappa shape index (κ2) is 8.70. The molecule has 0 aromatic heterocycles. The van der Waals surface area contributed by atoms with Crippen LogP contribution in [0.1, 0.15) is 51.5 Å². The van der Waals surface area contributed by atoms with E-state index in [-0.39, 0.29) is 24.2 Å². The standard InChI is InChI=1S/C20H27NO4/c1-5-14(6-2)12-25-20(23)19-13(3)21-18(22)11-16(19)15-9-7-8-10-17(15)24-4/h7-10,14,16H,5-6,11-12H2,1-4H3,(H,21,22)/t16-/m0/s1. The summed E-state index contributed by atoms with van der Waals surface area (Å²) in [5.74, 6) is 0.192. The van der Waals surface area contributed by atoms with Crippen LogP contribution in [-0.4, -0.2) is 25.6 Å². The number of hydrogen-bond acceptors (Lipinski definition) is 4. The second-order valence-corrected chi connectivity index (χ2v) is 6.37. The summed E-state index contributed by atoms with van der Waals surface area (Å²) in [6.07, 6.45) is 2.14. The van der Waals surface area contributed by atoms with Crippen LogP contribution in [0.25, 0.3) is 0 Å². The molecule has 25 heavy (non-hydrogen) atoms. The minimum Gasteiger partial charge on any atom is -0.496 e. The van der Waals surface area contributed by atoms with Gasteiger partial charge < -0.3 is 14.8 Å². The van der Waals surface area contributed by atoms with Crippen LogP contribution < -0.4 is 10.1 Å². The third-order valence-corrected chi connectivity index (χ3v) is 4.81. The number of amides is 1. The normalized spacial score (nSPS) is 17.5. The van der Waals surface area contributed by atoms with Gasteiger partial charge in [0, 0.05) is 23.6 Å². The summed E-state index contributed by atoms with van der Waals surface area (Å²) in [5, 5.41) is 2.76. The fraction of sp³-hybridized carbons (Fsp3) is 0.500. The predicted molar refractivity (Wildman–Crippen MR) is 96.2 cm³/mol. The zero-order valence-corrected chi connectivity index (χ0v) is 15.4. The van der Waals surface area contributed by atoms with Crippen molar-refractivity contribution in [3.63, 3.8) is 0 Å². The van der Waals surface area contributed by atoms with Gasteiger partial charge in [-0.05, 0) is 18.9 Å². The van der Waals surface area contributed by atoms with Crippen LogP contribution in [0.4, 0.5) is 0 Å². The summed E-state index contributed by atoms with van der Waals surface area (Å²) in [5.41, 5.74) is 1.89. The topological polar surface area (TPSA) is 64.6 Å². The van der Waals surface area contributed by atoms with Gasteiger partial charge in [-0.1, -0.05) is 44.9 Å². The van der Waals surface area contributed by atoms with Crippen molar-refractivity contribution in [3.8, 4) is 5.75 Å². The van der Waals surface area contributed by atoms with Gasteiger partial charge in [0.2, 0.25) is 5.91 Å². The van der Waals surface area contributed by atoms with Crippen LogP contribution in [0.3, 0.4) is 0 Å². The highest BCUT2D eigenvalue weighted by Crippen LogP contribution is 2.38. The van der Waals surface area contributed by atoms with E-state index in [4.69, 9.17) is 9.47 Å². The van der Waals surface area contributed by atoms with Gasteiger partial charge in [0.05, 0.1) is 19.3 Å². The van der Waals surface area contributed by atoms with Crippen LogP contribution in [0.5, 0.6) is 5.75 Å². The molecule has 1 amide bonds. The summed E-state index contributed by atoms with van der Waals surface area (Å²) in [7, 11) is 1.59. The maximum Gasteiger partial charge on any atom is 0.336 e. The van der Waals surface area contributed by atoms with Crippen LogP contribution >= 0.6 is 0 Å². The fourth-order valence-electron chi connectivity index (χ4n) is 3.19. The highest BCUT2D eigenvalue weighted by molar-refractivity contribution is 5.96. The van der Waals surface area contributed by atoms with Gasteiger partial charge in [-0.25, -0.2) is 4.79 Å².